The Morgan fingerprint density at radius 3 is 1.44 bits per heavy atom. The van der Waals surface area contributed by atoms with Gasteiger partial charge in [-0.3, -0.25) is 4.79 Å². The molecule has 0 unspecified atom stereocenters. The number of rotatable bonds is 8. The zero-order valence-electron chi connectivity index (χ0n) is 25.5. The largest absolute Gasteiger partial charge is 0.446 e. The van der Waals surface area contributed by atoms with E-state index >= 15 is 0 Å². The summed E-state index contributed by atoms with van der Waals surface area (Å²) in [7, 11) is 0. The number of hydrazone groups is 1. The first-order valence-electron chi connectivity index (χ1n) is 13.7. The fourth-order valence-corrected chi connectivity index (χ4v) is 3.36. The average Bonchev–Trinajstić information content (AvgIpc) is 2.91. The van der Waals surface area contributed by atoms with Crippen LogP contribution in [0.15, 0.2) is 59.7 Å². The molecule has 0 aliphatic rings. The van der Waals surface area contributed by atoms with E-state index in [1.807, 2.05) is 35.8 Å². The van der Waals surface area contributed by atoms with Crippen LogP contribution in [0.25, 0.3) is 11.1 Å². The van der Waals surface area contributed by atoms with E-state index in [1.165, 1.54) is 53.7 Å². The first-order chi connectivity index (χ1) is 20.2. The molecule has 43 heavy (non-hydrogen) atoms. The number of amides is 4. The van der Waals surface area contributed by atoms with Crippen molar-refractivity contribution in [2.24, 2.45) is 5.10 Å². The minimum Gasteiger partial charge on any atom is -0.446 e. The molecule has 0 fully saturated rings. The molecule has 1 N–H and O–H groups in total. The van der Waals surface area contributed by atoms with Crippen molar-refractivity contribution >= 4 is 36.0 Å². The Morgan fingerprint density at radius 2 is 1.00 bits per heavy atom. The Labute approximate surface area is 250 Å². The number of benzene rings is 2. The van der Waals surface area contributed by atoms with Crippen LogP contribution in [0.4, 0.5) is 19.2 Å². The molecule has 0 aromatic heterocycles. The van der Waals surface area contributed by atoms with E-state index in [1.54, 1.807) is 26.0 Å². The molecule has 0 aliphatic carbocycles. The first-order valence-corrected chi connectivity index (χ1v) is 13.7. The number of hydrogen-bond donors (Lipinski definition) is 1. The van der Waals surface area contributed by atoms with Crippen molar-refractivity contribution in [3.05, 3.63) is 60.2 Å². The topological polar surface area (TPSA) is 153 Å². The second kappa shape index (κ2) is 15.9. The van der Waals surface area contributed by atoms with Crippen LogP contribution >= 0.6 is 0 Å². The van der Waals surface area contributed by atoms with Crippen LogP contribution in [-0.2, 0) is 18.9 Å². The lowest BCUT2D eigenvalue weighted by Crippen LogP contribution is -2.59. The maximum Gasteiger partial charge on any atom is 0.439 e. The number of ketones is 1. The third-order valence-corrected chi connectivity index (χ3v) is 4.98. The molecular weight excluding hydrogens is 560 g/mol. The molecule has 13 nitrogen and oxygen atoms in total. The third-order valence-electron chi connectivity index (χ3n) is 4.98. The van der Waals surface area contributed by atoms with E-state index in [0.717, 1.165) is 11.1 Å². The molecule has 232 valence electrons. The normalized spacial score (nSPS) is 11.3. The summed E-state index contributed by atoms with van der Waals surface area (Å²) in [5.41, 5.74) is 3.69. The molecule has 0 saturated carbocycles. The molecule has 2 aromatic carbocycles. The zero-order chi connectivity index (χ0) is 32.3. The molecule has 2 rings (SSSR count). The van der Waals surface area contributed by atoms with Crippen molar-refractivity contribution in [3.63, 3.8) is 0 Å². The minimum atomic E-state index is -1.37. The highest BCUT2D eigenvalue weighted by atomic mass is 16.6. The average molecular weight is 599 g/mol. The summed E-state index contributed by atoms with van der Waals surface area (Å²) >= 11 is 0. The summed E-state index contributed by atoms with van der Waals surface area (Å²) in [4.78, 5) is 66.2. The predicted molar refractivity (Wildman–Crippen MR) is 157 cm³/mol. The van der Waals surface area contributed by atoms with E-state index in [-0.39, 0.29) is 15.6 Å². The second-order valence-corrected chi connectivity index (χ2v) is 10.2. The van der Waals surface area contributed by atoms with Gasteiger partial charge in [0.2, 0.25) is 11.6 Å². The number of hydrazine groups is 1. The van der Waals surface area contributed by atoms with E-state index < -0.39 is 60.4 Å². The summed E-state index contributed by atoms with van der Waals surface area (Å²) in [6.45, 7) is 12.2. The number of amidine groups is 1. The van der Waals surface area contributed by atoms with Crippen LogP contribution < -0.4 is 5.43 Å². The van der Waals surface area contributed by atoms with Crippen LogP contribution in [0.1, 0.15) is 65.7 Å². The summed E-state index contributed by atoms with van der Waals surface area (Å²) in [5, 5.41) is 4.23. The Bertz CT molecular complexity index is 1280. The summed E-state index contributed by atoms with van der Waals surface area (Å²) in [6, 6.07) is 15.6. The van der Waals surface area contributed by atoms with Crippen molar-refractivity contribution in [2.45, 2.75) is 79.8 Å². The lowest BCUT2D eigenvalue weighted by Gasteiger charge is -2.32. The van der Waals surface area contributed by atoms with Gasteiger partial charge in [-0.1, -0.05) is 54.6 Å². The van der Waals surface area contributed by atoms with E-state index in [9.17, 15) is 24.0 Å². The molecular formula is C30H38N4O9. The third kappa shape index (κ3) is 10.4. The molecule has 2 aromatic rings. The smallest absolute Gasteiger partial charge is 0.439 e. The number of hydrogen-bond acceptors (Lipinski definition) is 10. The van der Waals surface area contributed by atoms with Crippen molar-refractivity contribution < 1.29 is 42.9 Å². The number of imide groups is 1. The Balaban J connectivity index is 2.73. The maximum atomic E-state index is 13.9. The SMILES string of the molecule is CC(C)OC(=O)N/N=C(\C(=O)c1ccc(-c2ccccc2)cc1)N(C(=O)OC(C)C)N(C(=O)OC(C)C)C(=O)OC(C)C. The molecule has 0 bridgehead atoms. The van der Waals surface area contributed by atoms with E-state index in [4.69, 9.17) is 18.9 Å². The van der Waals surface area contributed by atoms with Gasteiger partial charge in [0.1, 0.15) is 0 Å². The van der Waals surface area contributed by atoms with Crippen molar-refractivity contribution in [1.82, 2.24) is 15.4 Å². The Kier molecular flexibility index (Phi) is 12.7. The highest BCUT2D eigenvalue weighted by Crippen LogP contribution is 2.21. The molecule has 0 spiro atoms. The molecule has 0 radical (unpaired) electrons. The number of carbonyl (C=O) groups is 5. The fraction of sp³-hybridized carbons (Fsp3) is 0.400. The number of carbonyl (C=O) groups excluding carboxylic acids is 5. The Hall–Kier alpha value is -4.94. The van der Waals surface area contributed by atoms with Gasteiger partial charge in [-0.05, 0) is 66.5 Å². The van der Waals surface area contributed by atoms with E-state index in [0.29, 0.717) is 0 Å². The highest BCUT2D eigenvalue weighted by Gasteiger charge is 2.43. The minimum absolute atomic E-state index is 0.00536. The van der Waals surface area contributed by atoms with Crippen molar-refractivity contribution in [2.75, 3.05) is 0 Å². The van der Waals surface area contributed by atoms with Crippen molar-refractivity contribution in [3.8, 4) is 11.1 Å². The fourth-order valence-electron chi connectivity index (χ4n) is 3.36. The molecule has 0 heterocycles. The quantitative estimate of drug-likeness (QED) is 0.124. The summed E-state index contributed by atoms with van der Waals surface area (Å²) in [6.07, 6.45) is -7.98. The predicted octanol–water partition coefficient (Wildman–Crippen LogP) is 6.14. The number of nitrogens with one attached hydrogen (secondary N) is 1. The van der Waals surface area contributed by atoms with Gasteiger partial charge in [0.25, 0.3) is 0 Å². The Morgan fingerprint density at radius 1 is 0.581 bits per heavy atom. The van der Waals surface area contributed by atoms with Crippen molar-refractivity contribution in [1.29, 1.82) is 0 Å². The van der Waals surface area contributed by atoms with Crippen LogP contribution in [0.5, 0.6) is 0 Å². The van der Waals surface area contributed by atoms with E-state index in [2.05, 4.69) is 5.10 Å². The molecule has 4 amide bonds. The van der Waals surface area contributed by atoms with Crippen LogP contribution in [0.3, 0.4) is 0 Å². The van der Waals surface area contributed by atoms with Gasteiger partial charge in [0, 0.05) is 5.56 Å². The van der Waals surface area contributed by atoms with Crippen LogP contribution in [0.2, 0.25) is 0 Å². The number of nitrogens with zero attached hydrogens (tertiary/aromatic N) is 3. The standard InChI is InChI=1S/C30H38N4O9/c1-18(2)40-27(36)32-31-26(25(35)24-16-14-23(15-17-24)22-12-10-9-11-13-22)33(28(37)41-19(3)4)34(29(38)42-20(5)6)30(39)43-21(7)8/h9-21H,1-8H3,(H,32,36)/b31-26+. The summed E-state index contributed by atoms with van der Waals surface area (Å²) in [5.74, 6) is -1.86. The van der Waals surface area contributed by atoms with Gasteiger partial charge in [0.05, 0.1) is 24.4 Å². The van der Waals surface area contributed by atoms with Crippen LogP contribution in [0, 0.1) is 0 Å². The van der Waals surface area contributed by atoms with Gasteiger partial charge < -0.3 is 18.9 Å². The molecule has 0 aliphatic heterocycles. The van der Waals surface area contributed by atoms with Gasteiger partial charge >= 0.3 is 24.4 Å². The highest BCUT2D eigenvalue weighted by molar-refractivity contribution is 6.47. The van der Waals surface area contributed by atoms with Gasteiger partial charge in [0.15, 0.2) is 0 Å². The second-order valence-electron chi connectivity index (χ2n) is 10.2. The van der Waals surface area contributed by atoms with Gasteiger partial charge in [-0.25, -0.2) is 24.6 Å². The van der Waals surface area contributed by atoms with Crippen LogP contribution in [-0.4, -0.2) is 70.4 Å². The lowest BCUT2D eigenvalue weighted by molar-refractivity contribution is -0.0110. The summed E-state index contributed by atoms with van der Waals surface area (Å²) < 4.78 is 20.7. The zero-order valence-corrected chi connectivity index (χ0v) is 25.5. The molecule has 0 saturated heterocycles. The lowest BCUT2D eigenvalue weighted by atomic mass is 10.0. The maximum absolute atomic E-state index is 13.9. The molecule has 0 atom stereocenters. The first kappa shape index (κ1) is 34.3. The number of ether oxygens (including phenoxy) is 4. The number of Topliss-reactive ketones (excluding diaryl/α,β-unsaturated/α-hetero) is 1. The van der Waals surface area contributed by atoms with Gasteiger partial charge in [-0.15, -0.1) is 15.1 Å². The molecule has 13 heteroatoms. The monoisotopic (exact) mass is 598 g/mol. The van der Waals surface area contributed by atoms with Gasteiger partial charge in [-0.2, -0.15) is 0 Å².